The largest absolute Gasteiger partial charge is 0.488 e. The first-order valence-electron chi connectivity index (χ1n) is 6.56. The highest BCUT2D eigenvalue weighted by molar-refractivity contribution is 9.10. The van der Waals surface area contributed by atoms with E-state index in [1.807, 2.05) is 30.3 Å². The van der Waals surface area contributed by atoms with Crippen LogP contribution in [0.15, 0.2) is 46.9 Å². The van der Waals surface area contributed by atoms with Crippen LogP contribution in [-0.2, 0) is 13.2 Å². The van der Waals surface area contributed by atoms with E-state index >= 15 is 0 Å². The van der Waals surface area contributed by atoms with Gasteiger partial charge in [0.05, 0.1) is 4.47 Å². The second-order valence-corrected chi connectivity index (χ2v) is 5.69. The van der Waals surface area contributed by atoms with Gasteiger partial charge in [0, 0.05) is 17.1 Å². The second kappa shape index (κ2) is 7.67. The predicted octanol–water partition coefficient (Wildman–Crippen LogP) is 4.79. The minimum Gasteiger partial charge on any atom is -0.488 e. The van der Waals surface area contributed by atoms with Gasteiger partial charge in [-0.2, -0.15) is 0 Å². The Hall–Kier alpha value is -1.03. The first-order valence-corrected chi connectivity index (χ1v) is 7.73. The van der Waals surface area contributed by atoms with Gasteiger partial charge in [-0.25, -0.2) is 0 Å². The van der Waals surface area contributed by atoms with Crippen LogP contribution in [0.1, 0.15) is 18.1 Å². The van der Waals surface area contributed by atoms with Crippen molar-refractivity contribution in [2.45, 2.75) is 20.1 Å². The number of hydrogen-bond acceptors (Lipinski definition) is 2. The molecule has 0 aliphatic carbocycles. The van der Waals surface area contributed by atoms with Crippen LogP contribution in [0.2, 0.25) is 5.02 Å². The molecule has 0 radical (unpaired) electrons. The molecule has 2 aromatic carbocycles. The molecule has 0 heterocycles. The van der Waals surface area contributed by atoms with E-state index in [4.69, 9.17) is 16.3 Å². The van der Waals surface area contributed by atoms with Crippen molar-refractivity contribution < 1.29 is 4.74 Å². The Morgan fingerprint density at radius 2 is 2.00 bits per heavy atom. The maximum absolute atomic E-state index is 6.11. The lowest BCUT2D eigenvalue weighted by molar-refractivity contribution is 0.304. The standard InChI is InChI=1S/C16H17BrClNO/c1-2-19-10-12-7-8-16(14(17)9-12)20-11-13-5-3-4-6-15(13)18/h3-9,19H,2,10-11H2,1H3. The van der Waals surface area contributed by atoms with Crippen LogP contribution in [0, 0.1) is 0 Å². The van der Waals surface area contributed by atoms with Crippen LogP contribution >= 0.6 is 27.5 Å². The molecule has 2 aromatic rings. The average Bonchev–Trinajstić information content (AvgIpc) is 2.45. The Labute approximate surface area is 133 Å². The second-order valence-electron chi connectivity index (χ2n) is 4.43. The van der Waals surface area contributed by atoms with Crippen molar-refractivity contribution in [3.63, 3.8) is 0 Å². The molecule has 0 aliphatic heterocycles. The number of hydrogen-bond donors (Lipinski definition) is 1. The molecule has 0 aliphatic rings. The zero-order chi connectivity index (χ0) is 14.4. The molecule has 4 heteroatoms. The molecule has 2 nitrogen and oxygen atoms in total. The fourth-order valence-corrected chi connectivity index (χ4v) is 2.54. The Kier molecular flexibility index (Phi) is 5.89. The summed E-state index contributed by atoms with van der Waals surface area (Å²) in [6.07, 6.45) is 0. The van der Waals surface area contributed by atoms with Crippen LogP contribution in [0.5, 0.6) is 5.75 Å². The van der Waals surface area contributed by atoms with E-state index < -0.39 is 0 Å². The normalized spacial score (nSPS) is 10.6. The molecule has 0 amide bonds. The van der Waals surface area contributed by atoms with Crippen LogP contribution in [0.25, 0.3) is 0 Å². The summed E-state index contributed by atoms with van der Waals surface area (Å²) >= 11 is 9.66. The summed E-state index contributed by atoms with van der Waals surface area (Å²) in [6, 6.07) is 13.8. The molecule has 0 fully saturated rings. The van der Waals surface area contributed by atoms with Crippen molar-refractivity contribution >= 4 is 27.5 Å². The summed E-state index contributed by atoms with van der Waals surface area (Å²) in [4.78, 5) is 0. The minimum absolute atomic E-state index is 0.463. The van der Waals surface area contributed by atoms with Gasteiger partial charge in [0.2, 0.25) is 0 Å². The zero-order valence-corrected chi connectivity index (χ0v) is 13.7. The van der Waals surface area contributed by atoms with Crippen molar-refractivity contribution in [1.82, 2.24) is 5.32 Å². The summed E-state index contributed by atoms with van der Waals surface area (Å²) in [7, 11) is 0. The zero-order valence-electron chi connectivity index (χ0n) is 11.3. The Morgan fingerprint density at radius 1 is 1.20 bits per heavy atom. The van der Waals surface area contributed by atoms with E-state index in [0.29, 0.717) is 6.61 Å². The molecule has 0 spiro atoms. The Balaban J connectivity index is 2.01. The van der Waals surface area contributed by atoms with Crippen LogP contribution in [0.3, 0.4) is 0 Å². The first kappa shape index (κ1) is 15.4. The fraction of sp³-hybridized carbons (Fsp3) is 0.250. The van der Waals surface area contributed by atoms with Gasteiger partial charge in [0.1, 0.15) is 12.4 Å². The van der Waals surface area contributed by atoms with E-state index in [-0.39, 0.29) is 0 Å². The Bertz CT molecular complexity index is 574. The van der Waals surface area contributed by atoms with Gasteiger partial charge in [0.15, 0.2) is 0 Å². The van der Waals surface area contributed by atoms with Gasteiger partial charge in [-0.3, -0.25) is 0 Å². The molecule has 2 rings (SSSR count). The van der Waals surface area contributed by atoms with Gasteiger partial charge in [-0.1, -0.05) is 42.8 Å². The lowest BCUT2D eigenvalue weighted by Gasteiger charge is -2.11. The molecule has 0 unspecified atom stereocenters. The molecule has 106 valence electrons. The number of ether oxygens (including phenoxy) is 1. The third-order valence-corrected chi connectivity index (χ3v) is 3.90. The monoisotopic (exact) mass is 353 g/mol. The summed E-state index contributed by atoms with van der Waals surface area (Å²) < 4.78 is 6.77. The van der Waals surface area contributed by atoms with Gasteiger partial charge in [-0.05, 0) is 46.2 Å². The van der Waals surface area contributed by atoms with E-state index in [9.17, 15) is 0 Å². The topological polar surface area (TPSA) is 21.3 Å². The molecule has 0 atom stereocenters. The van der Waals surface area contributed by atoms with E-state index in [0.717, 1.165) is 33.9 Å². The maximum atomic E-state index is 6.11. The van der Waals surface area contributed by atoms with Crippen molar-refractivity contribution in [3.05, 3.63) is 63.1 Å². The SMILES string of the molecule is CCNCc1ccc(OCc2ccccc2Cl)c(Br)c1. The van der Waals surface area contributed by atoms with E-state index in [1.165, 1.54) is 5.56 Å². The molecule has 20 heavy (non-hydrogen) atoms. The molecule has 0 saturated heterocycles. The first-order chi connectivity index (χ1) is 9.70. The van der Waals surface area contributed by atoms with Crippen molar-refractivity contribution in [3.8, 4) is 5.75 Å². The molecule has 0 bridgehead atoms. The third kappa shape index (κ3) is 4.23. The highest BCUT2D eigenvalue weighted by Crippen LogP contribution is 2.27. The van der Waals surface area contributed by atoms with Crippen LogP contribution in [0.4, 0.5) is 0 Å². The van der Waals surface area contributed by atoms with Crippen LogP contribution in [-0.4, -0.2) is 6.54 Å². The molecule has 0 aromatic heterocycles. The van der Waals surface area contributed by atoms with Crippen molar-refractivity contribution in [1.29, 1.82) is 0 Å². The third-order valence-electron chi connectivity index (χ3n) is 2.92. The van der Waals surface area contributed by atoms with Crippen LogP contribution < -0.4 is 10.1 Å². The predicted molar refractivity (Wildman–Crippen MR) is 87.3 cm³/mol. The minimum atomic E-state index is 0.463. The molecule has 1 N–H and O–H groups in total. The van der Waals surface area contributed by atoms with Crippen molar-refractivity contribution in [2.75, 3.05) is 6.54 Å². The highest BCUT2D eigenvalue weighted by atomic mass is 79.9. The quantitative estimate of drug-likeness (QED) is 0.805. The van der Waals surface area contributed by atoms with Gasteiger partial charge in [0.25, 0.3) is 0 Å². The molecule has 0 saturated carbocycles. The maximum Gasteiger partial charge on any atom is 0.134 e. The van der Waals surface area contributed by atoms with Gasteiger partial charge in [-0.15, -0.1) is 0 Å². The van der Waals surface area contributed by atoms with E-state index in [1.54, 1.807) is 0 Å². The Morgan fingerprint density at radius 3 is 2.70 bits per heavy atom. The summed E-state index contributed by atoms with van der Waals surface area (Å²) in [6.45, 7) is 4.38. The number of rotatable bonds is 6. The van der Waals surface area contributed by atoms with E-state index in [2.05, 4.69) is 40.3 Å². The smallest absolute Gasteiger partial charge is 0.134 e. The van der Waals surface area contributed by atoms with Gasteiger partial charge >= 0.3 is 0 Å². The number of benzene rings is 2. The number of halogens is 2. The summed E-state index contributed by atoms with van der Waals surface area (Å²) in [5.41, 5.74) is 2.21. The lowest BCUT2D eigenvalue weighted by atomic mass is 10.2. The summed E-state index contributed by atoms with van der Waals surface area (Å²) in [5, 5.41) is 4.03. The fourth-order valence-electron chi connectivity index (χ4n) is 1.81. The highest BCUT2D eigenvalue weighted by Gasteiger charge is 2.05. The molecular formula is C16H17BrClNO. The van der Waals surface area contributed by atoms with Gasteiger partial charge < -0.3 is 10.1 Å². The van der Waals surface area contributed by atoms with Crippen molar-refractivity contribution in [2.24, 2.45) is 0 Å². The molecular weight excluding hydrogens is 338 g/mol. The lowest BCUT2D eigenvalue weighted by Crippen LogP contribution is -2.11. The number of nitrogens with one attached hydrogen (secondary N) is 1. The average molecular weight is 355 g/mol. The summed E-state index contributed by atoms with van der Waals surface area (Å²) in [5.74, 6) is 0.824.